The summed E-state index contributed by atoms with van der Waals surface area (Å²) in [5.74, 6) is 0. The van der Waals surface area contributed by atoms with Crippen LogP contribution in [0.5, 0.6) is 0 Å². The largest absolute Gasteiger partial charge is 0.363 e. The molecule has 0 heterocycles. The summed E-state index contributed by atoms with van der Waals surface area (Å²) in [5, 5.41) is 0. The van der Waals surface area contributed by atoms with Crippen molar-refractivity contribution in [2.24, 2.45) is 4.99 Å². The molecule has 0 saturated heterocycles. The molecule has 0 spiro atoms. The molecule has 2 heteroatoms. The third-order valence-corrected chi connectivity index (χ3v) is 5.03. The zero-order chi connectivity index (χ0) is 21.1. The van der Waals surface area contributed by atoms with Gasteiger partial charge in [0.2, 0.25) is 0 Å². The van der Waals surface area contributed by atoms with E-state index in [4.69, 9.17) is 0 Å². The minimum absolute atomic E-state index is 0.844. The SMILES string of the molecule is C(/C=C\c1ccccc1)=Nc1cccc(N(Cc2ccccc2)Cc2ccccc2)c1. The third kappa shape index (κ3) is 6.28. The lowest BCUT2D eigenvalue weighted by atomic mass is 10.1. The molecule has 0 aliphatic heterocycles. The van der Waals surface area contributed by atoms with Crippen molar-refractivity contribution in [3.8, 4) is 0 Å². The highest BCUT2D eigenvalue weighted by Gasteiger charge is 2.09. The number of hydrogen-bond acceptors (Lipinski definition) is 2. The van der Waals surface area contributed by atoms with Gasteiger partial charge in [0.1, 0.15) is 0 Å². The first-order valence-electron chi connectivity index (χ1n) is 10.6. The molecule has 0 aliphatic carbocycles. The third-order valence-electron chi connectivity index (χ3n) is 5.03. The van der Waals surface area contributed by atoms with Crippen molar-refractivity contribution in [3.05, 3.63) is 138 Å². The molecule has 31 heavy (non-hydrogen) atoms. The zero-order valence-corrected chi connectivity index (χ0v) is 17.5. The van der Waals surface area contributed by atoms with Crippen LogP contribution >= 0.6 is 0 Å². The molecule has 4 aromatic rings. The van der Waals surface area contributed by atoms with E-state index in [1.165, 1.54) is 16.7 Å². The summed E-state index contributed by atoms with van der Waals surface area (Å²) < 4.78 is 0. The van der Waals surface area contributed by atoms with E-state index in [1.54, 1.807) is 0 Å². The van der Waals surface area contributed by atoms with Crippen molar-refractivity contribution in [2.75, 3.05) is 4.90 Å². The van der Waals surface area contributed by atoms with Crippen LogP contribution in [0.3, 0.4) is 0 Å². The Balaban J connectivity index is 1.53. The van der Waals surface area contributed by atoms with Crippen molar-refractivity contribution in [2.45, 2.75) is 13.1 Å². The van der Waals surface area contributed by atoms with Gasteiger partial charge < -0.3 is 4.90 Å². The zero-order valence-electron chi connectivity index (χ0n) is 17.5. The summed E-state index contributed by atoms with van der Waals surface area (Å²) in [4.78, 5) is 7.03. The van der Waals surface area contributed by atoms with Gasteiger partial charge >= 0.3 is 0 Å². The van der Waals surface area contributed by atoms with Crippen LogP contribution in [0.4, 0.5) is 11.4 Å². The summed E-state index contributed by atoms with van der Waals surface area (Å²) >= 11 is 0. The lowest BCUT2D eigenvalue weighted by Gasteiger charge is -2.25. The lowest BCUT2D eigenvalue weighted by molar-refractivity contribution is 0.800. The molecule has 0 aliphatic rings. The van der Waals surface area contributed by atoms with Gasteiger partial charge in [-0.1, -0.05) is 103 Å². The molecule has 0 aromatic heterocycles. The van der Waals surface area contributed by atoms with Gasteiger partial charge in [0.15, 0.2) is 0 Å². The number of benzene rings is 4. The van der Waals surface area contributed by atoms with Gasteiger partial charge in [0, 0.05) is 25.0 Å². The van der Waals surface area contributed by atoms with E-state index in [0.29, 0.717) is 0 Å². The molecule has 4 aromatic carbocycles. The van der Waals surface area contributed by atoms with Gasteiger partial charge in [-0.05, 0) is 41.0 Å². The Bertz CT molecular complexity index is 1080. The molecule has 2 nitrogen and oxygen atoms in total. The predicted molar refractivity (Wildman–Crippen MR) is 133 cm³/mol. The highest BCUT2D eigenvalue weighted by atomic mass is 15.1. The Hall–Kier alpha value is -3.91. The fraction of sp³-hybridized carbons (Fsp3) is 0.0690. The summed E-state index contributed by atoms with van der Waals surface area (Å²) in [6.07, 6.45) is 5.89. The van der Waals surface area contributed by atoms with Crippen LogP contribution in [0, 0.1) is 0 Å². The smallest absolute Gasteiger partial charge is 0.0650 e. The van der Waals surface area contributed by atoms with Crippen LogP contribution in [0.25, 0.3) is 6.08 Å². The molecule has 0 radical (unpaired) electrons. The first kappa shape index (κ1) is 20.4. The Kier molecular flexibility index (Phi) is 7.06. The average Bonchev–Trinajstić information content (AvgIpc) is 2.84. The second-order valence-electron chi connectivity index (χ2n) is 7.40. The van der Waals surface area contributed by atoms with Crippen molar-refractivity contribution in [3.63, 3.8) is 0 Å². The lowest BCUT2D eigenvalue weighted by Crippen LogP contribution is -2.22. The maximum Gasteiger partial charge on any atom is 0.0650 e. The molecule has 152 valence electrons. The van der Waals surface area contributed by atoms with E-state index in [9.17, 15) is 0 Å². The summed E-state index contributed by atoms with van der Waals surface area (Å²) in [5.41, 5.74) is 5.85. The summed E-state index contributed by atoms with van der Waals surface area (Å²) in [6, 6.07) is 39.9. The van der Waals surface area contributed by atoms with Gasteiger partial charge in [-0.2, -0.15) is 0 Å². The van der Waals surface area contributed by atoms with E-state index in [-0.39, 0.29) is 0 Å². The minimum Gasteiger partial charge on any atom is -0.363 e. The first-order chi connectivity index (χ1) is 15.4. The molecule has 0 amide bonds. The van der Waals surface area contributed by atoms with E-state index < -0.39 is 0 Å². The monoisotopic (exact) mass is 402 g/mol. The second-order valence-corrected chi connectivity index (χ2v) is 7.40. The number of nitrogens with zero attached hydrogens (tertiary/aromatic N) is 2. The quantitative estimate of drug-likeness (QED) is 0.282. The number of aliphatic imine (C=N–C) groups is 1. The Morgan fingerprint density at radius 3 is 1.81 bits per heavy atom. The van der Waals surface area contributed by atoms with Crippen LogP contribution in [0.15, 0.2) is 126 Å². The molecular weight excluding hydrogens is 376 g/mol. The number of rotatable bonds is 8. The molecule has 0 unspecified atom stereocenters. The number of anilines is 1. The van der Waals surface area contributed by atoms with E-state index in [0.717, 1.165) is 24.5 Å². The molecule has 0 N–H and O–H groups in total. The standard InChI is InChI=1S/C29H26N2/c1-4-12-25(13-5-1)18-11-21-30-28-19-10-20-29(22-28)31(23-26-14-6-2-7-15-26)24-27-16-8-3-9-17-27/h1-22H,23-24H2/b18-11-,30-21?. The fourth-order valence-corrected chi connectivity index (χ4v) is 3.46. The Morgan fingerprint density at radius 1 is 0.613 bits per heavy atom. The summed E-state index contributed by atoms with van der Waals surface area (Å²) in [7, 11) is 0. The van der Waals surface area contributed by atoms with Crippen LogP contribution in [0.2, 0.25) is 0 Å². The highest BCUT2D eigenvalue weighted by molar-refractivity contribution is 5.80. The molecular formula is C29H26N2. The minimum atomic E-state index is 0.844. The Labute approximate surface area is 184 Å². The first-order valence-corrected chi connectivity index (χ1v) is 10.6. The van der Waals surface area contributed by atoms with Crippen molar-refractivity contribution in [1.82, 2.24) is 0 Å². The molecule has 0 fully saturated rings. The number of allylic oxidation sites excluding steroid dienone is 1. The highest BCUT2D eigenvalue weighted by Crippen LogP contribution is 2.25. The Morgan fingerprint density at radius 2 is 1.19 bits per heavy atom. The average molecular weight is 403 g/mol. The van der Waals surface area contributed by atoms with Crippen LogP contribution in [-0.4, -0.2) is 6.21 Å². The van der Waals surface area contributed by atoms with Crippen LogP contribution < -0.4 is 4.90 Å². The van der Waals surface area contributed by atoms with Crippen LogP contribution in [-0.2, 0) is 13.1 Å². The molecule has 0 atom stereocenters. The van der Waals surface area contributed by atoms with E-state index >= 15 is 0 Å². The van der Waals surface area contributed by atoms with E-state index in [1.807, 2.05) is 36.6 Å². The molecule has 0 saturated carbocycles. The normalized spacial score (nSPS) is 11.2. The fourth-order valence-electron chi connectivity index (χ4n) is 3.46. The van der Waals surface area contributed by atoms with Crippen molar-refractivity contribution >= 4 is 23.7 Å². The topological polar surface area (TPSA) is 15.6 Å². The predicted octanol–water partition coefficient (Wildman–Crippen LogP) is 7.31. The molecule has 4 rings (SSSR count). The van der Waals surface area contributed by atoms with Crippen LogP contribution in [0.1, 0.15) is 16.7 Å². The number of hydrogen-bond donors (Lipinski definition) is 0. The second kappa shape index (κ2) is 10.7. The van der Waals surface area contributed by atoms with Gasteiger partial charge in [0.25, 0.3) is 0 Å². The summed E-state index contributed by atoms with van der Waals surface area (Å²) in [6.45, 7) is 1.69. The van der Waals surface area contributed by atoms with Gasteiger partial charge in [-0.3, -0.25) is 4.99 Å². The van der Waals surface area contributed by atoms with Gasteiger partial charge in [-0.25, -0.2) is 0 Å². The maximum absolute atomic E-state index is 4.64. The van der Waals surface area contributed by atoms with E-state index in [2.05, 4.69) is 107 Å². The maximum atomic E-state index is 4.64. The van der Waals surface area contributed by atoms with Gasteiger partial charge in [-0.15, -0.1) is 0 Å². The molecule has 0 bridgehead atoms. The van der Waals surface area contributed by atoms with Gasteiger partial charge in [0.05, 0.1) is 5.69 Å². The van der Waals surface area contributed by atoms with Crippen molar-refractivity contribution in [1.29, 1.82) is 0 Å². The van der Waals surface area contributed by atoms with Crippen molar-refractivity contribution < 1.29 is 0 Å².